The molecular formula is C9H18N4O2. The van der Waals surface area contributed by atoms with Gasteiger partial charge in [0.05, 0.1) is 6.34 Å². The zero-order valence-corrected chi connectivity index (χ0v) is 8.65. The lowest BCUT2D eigenvalue weighted by molar-refractivity contribution is -0.138. The summed E-state index contributed by atoms with van der Waals surface area (Å²) in [7, 11) is 0. The Morgan fingerprint density at radius 2 is 2.40 bits per heavy atom. The number of carboxylic acids is 1. The highest BCUT2D eigenvalue weighted by Gasteiger charge is 2.19. The van der Waals surface area contributed by atoms with Gasteiger partial charge in [-0.15, -0.1) is 0 Å². The maximum absolute atomic E-state index is 10.4. The Labute approximate surface area is 88.9 Å². The largest absolute Gasteiger partial charge is 0.480 e. The fourth-order valence-electron chi connectivity index (χ4n) is 1.02. The second-order valence-corrected chi connectivity index (χ2v) is 3.69. The van der Waals surface area contributed by atoms with Crippen LogP contribution in [0.25, 0.3) is 0 Å². The van der Waals surface area contributed by atoms with E-state index >= 15 is 0 Å². The first-order valence-corrected chi connectivity index (χ1v) is 5.18. The molecule has 0 amide bonds. The van der Waals surface area contributed by atoms with Crippen molar-refractivity contribution in [2.24, 2.45) is 10.7 Å². The zero-order chi connectivity index (χ0) is 11.1. The predicted molar refractivity (Wildman–Crippen MR) is 57.5 cm³/mol. The van der Waals surface area contributed by atoms with Crippen molar-refractivity contribution < 1.29 is 9.90 Å². The minimum Gasteiger partial charge on any atom is -0.480 e. The molecule has 5 N–H and O–H groups in total. The number of aliphatic carboxylic acids is 1. The summed E-state index contributed by atoms with van der Waals surface area (Å²) in [6, 6.07) is -0.172. The zero-order valence-electron chi connectivity index (χ0n) is 8.65. The van der Waals surface area contributed by atoms with Gasteiger partial charge in [-0.25, -0.2) is 5.43 Å². The summed E-state index contributed by atoms with van der Waals surface area (Å²) in [6.07, 6.45) is 5.19. The number of nitrogens with zero attached hydrogens (tertiary/aromatic N) is 1. The van der Waals surface area contributed by atoms with Crippen molar-refractivity contribution in [3.63, 3.8) is 0 Å². The summed E-state index contributed by atoms with van der Waals surface area (Å²) in [5, 5.41) is 8.50. The number of hydrogen-bond donors (Lipinski definition) is 4. The number of rotatable bonds is 8. The lowest BCUT2D eigenvalue weighted by Gasteiger charge is -2.03. The second kappa shape index (κ2) is 6.36. The van der Waals surface area contributed by atoms with Crippen molar-refractivity contribution in [3.8, 4) is 0 Å². The maximum Gasteiger partial charge on any atom is 0.320 e. The van der Waals surface area contributed by atoms with Gasteiger partial charge < -0.3 is 16.3 Å². The lowest BCUT2D eigenvalue weighted by Crippen LogP contribution is -2.32. The molecule has 0 aromatic heterocycles. The average Bonchev–Trinajstić information content (AvgIpc) is 2.99. The van der Waals surface area contributed by atoms with Crippen LogP contribution in [-0.2, 0) is 4.79 Å². The van der Waals surface area contributed by atoms with Gasteiger partial charge in [-0.3, -0.25) is 9.79 Å². The Kier molecular flexibility index (Phi) is 5.06. The van der Waals surface area contributed by atoms with Crippen LogP contribution in [0.5, 0.6) is 0 Å². The molecule has 0 radical (unpaired) electrons. The SMILES string of the molecule is N[C@@H](CCCN=CNNC1CC1)C(=O)O. The fraction of sp³-hybridized carbons (Fsp3) is 0.778. The molecule has 6 nitrogen and oxygen atoms in total. The number of carbonyl (C=O) groups is 1. The first-order valence-electron chi connectivity index (χ1n) is 5.18. The smallest absolute Gasteiger partial charge is 0.320 e. The first kappa shape index (κ1) is 11.9. The van der Waals surface area contributed by atoms with E-state index < -0.39 is 12.0 Å². The minimum absolute atomic E-state index is 0.461. The Morgan fingerprint density at radius 1 is 1.67 bits per heavy atom. The van der Waals surface area contributed by atoms with Crippen molar-refractivity contribution in [2.45, 2.75) is 37.8 Å². The summed E-state index contributed by atoms with van der Waals surface area (Å²) in [4.78, 5) is 14.4. The second-order valence-electron chi connectivity index (χ2n) is 3.69. The molecule has 1 rings (SSSR count). The lowest BCUT2D eigenvalue weighted by atomic mass is 10.2. The van der Waals surface area contributed by atoms with Crippen molar-refractivity contribution in [1.82, 2.24) is 10.9 Å². The highest BCUT2D eigenvalue weighted by atomic mass is 16.4. The number of hydrogen-bond acceptors (Lipinski definition) is 4. The van der Waals surface area contributed by atoms with Crippen molar-refractivity contribution in [2.75, 3.05) is 6.54 Å². The number of aliphatic imine (C=N–C) groups is 1. The van der Waals surface area contributed by atoms with Crippen LogP contribution in [0.1, 0.15) is 25.7 Å². The summed E-state index contributed by atoms with van der Waals surface area (Å²) in [5.74, 6) is -0.951. The molecule has 0 aromatic rings. The van der Waals surface area contributed by atoms with Crippen LogP contribution < -0.4 is 16.6 Å². The van der Waals surface area contributed by atoms with Gasteiger partial charge in [-0.05, 0) is 25.7 Å². The molecule has 0 spiro atoms. The van der Waals surface area contributed by atoms with Crippen LogP contribution in [0, 0.1) is 0 Å². The third-order valence-corrected chi connectivity index (χ3v) is 2.14. The molecular weight excluding hydrogens is 196 g/mol. The van der Waals surface area contributed by atoms with E-state index in [1.807, 2.05) is 0 Å². The van der Waals surface area contributed by atoms with Gasteiger partial charge >= 0.3 is 5.97 Å². The highest BCUT2D eigenvalue weighted by Crippen LogP contribution is 2.17. The van der Waals surface area contributed by atoms with E-state index in [0.29, 0.717) is 25.4 Å². The van der Waals surface area contributed by atoms with Crippen molar-refractivity contribution in [1.29, 1.82) is 0 Å². The van der Waals surface area contributed by atoms with Gasteiger partial charge in [-0.1, -0.05) is 0 Å². The molecule has 0 bridgehead atoms. The summed E-state index contributed by atoms with van der Waals surface area (Å²) < 4.78 is 0. The average molecular weight is 214 g/mol. The standard InChI is InChI=1S/C9H18N4O2/c10-8(9(14)15)2-1-5-11-6-12-13-7-3-4-7/h6-8,13H,1-5,10H2,(H,11,12)(H,14,15)/t8-/m0/s1. The molecule has 86 valence electrons. The van der Waals surface area contributed by atoms with Gasteiger partial charge in [0.25, 0.3) is 0 Å². The Bertz CT molecular complexity index is 228. The summed E-state index contributed by atoms with van der Waals surface area (Å²) >= 11 is 0. The first-order chi connectivity index (χ1) is 7.20. The van der Waals surface area contributed by atoms with E-state index in [1.54, 1.807) is 6.34 Å². The van der Waals surface area contributed by atoms with Crippen LogP contribution in [0.15, 0.2) is 4.99 Å². The Balaban J connectivity index is 1.88. The van der Waals surface area contributed by atoms with Crippen LogP contribution in [-0.4, -0.2) is 36.0 Å². The van der Waals surface area contributed by atoms with Crippen LogP contribution in [0.4, 0.5) is 0 Å². The summed E-state index contributed by atoms with van der Waals surface area (Å²) in [6.45, 7) is 0.598. The Hall–Kier alpha value is -1.14. The Morgan fingerprint density at radius 3 is 3.00 bits per heavy atom. The molecule has 6 heteroatoms. The molecule has 0 unspecified atom stereocenters. The number of nitrogens with two attached hydrogens (primary N) is 1. The highest BCUT2D eigenvalue weighted by molar-refractivity contribution is 5.72. The van der Waals surface area contributed by atoms with E-state index in [1.165, 1.54) is 12.8 Å². The molecule has 0 saturated heterocycles. The number of nitrogens with one attached hydrogen (secondary N) is 2. The molecule has 1 atom stereocenters. The summed E-state index contributed by atoms with van der Waals surface area (Å²) in [5.41, 5.74) is 11.3. The molecule has 1 fully saturated rings. The topological polar surface area (TPSA) is 99.7 Å². The molecule has 0 aromatic carbocycles. The van der Waals surface area contributed by atoms with E-state index in [0.717, 1.165) is 0 Å². The normalized spacial score (nSPS) is 17.9. The monoisotopic (exact) mass is 214 g/mol. The van der Waals surface area contributed by atoms with E-state index in [9.17, 15) is 4.79 Å². The molecule has 1 aliphatic rings. The third-order valence-electron chi connectivity index (χ3n) is 2.14. The van der Waals surface area contributed by atoms with E-state index in [-0.39, 0.29) is 0 Å². The van der Waals surface area contributed by atoms with E-state index in [2.05, 4.69) is 15.8 Å². The van der Waals surface area contributed by atoms with Crippen LogP contribution >= 0.6 is 0 Å². The molecule has 15 heavy (non-hydrogen) atoms. The van der Waals surface area contributed by atoms with Crippen molar-refractivity contribution >= 4 is 12.3 Å². The minimum atomic E-state index is -0.951. The predicted octanol–water partition coefficient (Wildman–Crippen LogP) is -0.537. The van der Waals surface area contributed by atoms with Crippen LogP contribution in [0.2, 0.25) is 0 Å². The molecule has 0 aliphatic heterocycles. The van der Waals surface area contributed by atoms with Gasteiger partial charge in [0.1, 0.15) is 6.04 Å². The van der Waals surface area contributed by atoms with Gasteiger partial charge in [0.2, 0.25) is 0 Å². The van der Waals surface area contributed by atoms with Crippen molar-refractivity contribution in [3.05, 3.63) is 0 Å². The van der Waals surface area contributed by atoms with E-state index in [4.69, 9.17) is 10.8 Å². The quantitative estimate of drug-likeness (QED) is 0.188. The number of carboxylic acid groups (broad SMARTS) is 1. The fourth-order valence-corrected chi connectivity index (χ4v) is 1.02. The van der Waals surface area contributed by atoms with Gasteiger partial charge in [-0.2, -0.15) is 0 Å². The van der Waals surface area contributed by atoms with Gasteiger partial charge in [0.15, 0.2) is 0 Å². The van der Waals surface area contributed by atoms with Gasteiger partial charge in [0, 0.05) is 12.6 Å². The molecule has 1 saturated carbocycles. The van der Waals surface area contributed by atoms with Crippen LogP contribution in [0.3, 0.4) is 0 Å². The maximum atomic E-state index is 10.4. The number of hydrazine groups is 1. The molecule has 1 aliphatic carbocycles. The third kappa shape index (κ3) is 6.03. The molecule has 0 heterocycles.